The molecule has 0 saturated carbocycles. The molecule has 0 saturated heterocycles. The van der Waals surface area contributed by atoms with Crippen LogP contribution >= 0.6 is 0 Å². The van der Waals surface area contributed by atoms with Crippen molar-refractivity contribution in [2.45, 2.75) is 45.3 Å². The Morgan fingerprint density at radius 3 is 2.50 bits per heavy atom. The molecule has 0 bridgehead atoms. The number of terminal acetylenes is 1. The van der Waals surface area contributed by atoms with Gasteiger partial charge in [-0.2, -0.15) is 0 Å². The fourth-order valence-electron chi connectivity index (χ4n) is 1.71. The summed E-state index contributed by atoms with van der Waals surface area (Å²) >= 11 is 0. The third-order valence-electron chi connectivity index (χ3n) is 2.87. The van der Waals surface area contributed by atoms with E-state index < -0.39 is 0 Å². The molecule has 0 fully saturated rings. The molecule has 18 heavy (non-hydrogen) atoms. The number of benzene rings is 1. The van der Waals surface area contributed by atoms with Crippen molar-refractivity contribution in [2.75, 3.05) is 7.11 Å². The molecule has 0 amide bonds. The van der Waals surface area contributed by atoms with Crippen molar-refractivity contribution in [3.05, 3.63) is 29.8 Å². The summed E-state index contributed by atoms with van der Waals surface area (Å²) in [7, 11) is 1.66. The van der Waals surface area contributed by atoms with Gasteiger partial charge in [-0.25, -0.2) is 0 Å². The van der Waals surface area contributed by atoms with E-state index in [1.165, 1.54) is 12.8 Å². The largest absolute Gasteiger partial charge is 0.497 e. The van der Waals surface area contributed by atoms with Crippen LogP contribution in [0.5, 0.6) is 5.75 Å². The van der Waals surface area contributed by atoms with E-state index in [0.29, 0.717) is 6.61 Å². The second kappa shape index (κ2) is 8.60. The second-order valence-electron chi connectivity index (χ2n) is 4.31. The van der Waals surface area contributed by atoms with Crippen LogP contribution in [0.1, 0.15) is 38.2 Å². The van der Waals surface area contributed by atoms with Crippen molar-refractivity contribution in [2.24, 2.45) is 0 Å². The van der Waals surface area contributed by atoms with Gasteiger partial charge in [0, 0.05) is 0 Å². The molecule has 0 N–H and O–H groups in total. The molecule has 2 heteroatoms. The highest BCUT2D eigenvalue weighted by atomic mass is 16.5. The first-order valence-electron chi connectivity index (χ1n) is 6.50. The predicted molar refractivity (Wildman–Crippen MR) is 74.5 cm³/mol. The Kier molecular flexibility index (Phi) is 6.98. The van der Waals surface area contributed by atoms with E-state index in [1.807, 2.05) is 24.3 Å². The van der Waals surface area contributed by atoms with Crippen LogP contribution in [-0.4, -0.2) is 13.2 Å². The van der Waals surface area contributed by atoms with Gasteiger partial charge in [0.05, 0.1) is 13.7 Å². The van der Waals surface area contributed by atoms with E-state index in [2.05, 4.69) is 12.8 Å². The molecular formula is C16H22O2. The van der Waals surface area contributed by atoms with Gasteiger partial charge in [0.25, 0.3) is 0 Å². The maximum atomic E-state index is 5.72. The summed E-state index contributed by atoms with van der Waals surface area (Å²) in [5, 5.41) is 0. The average Bonchev–Trinajstić information content (AvgIpc) is 2.43. The second-order valence-corrected chi connectivity index (χ2v) is 4.31. The lowest BCUT2D eigenvalue weighted by atomic mass is 10.1. The molecule has 0 radical (unpaired) electrons. The van der Waals surface area contributed by atoms with E-state index >= 15 is 0 Å². The van der Waals surface area contributed by atoms with Gasteiger partial charge in [0.2, 0.25) is 0 Å². The summed E-state index contributed by atoms with van der Waals surface area (Å²) in [6.45, 7) is 2.74. The van der Waals surface area contributed by atoms with Crippen molar-refractivity contribution in [3.8, 4) is 18.1 Å². The zero-order valence-corrected chi connectivity index (χ0v) is 11.3. The monoisotopic (exact) mass is 246 g/mol. The van der Waals surface area contributed by atoms with Crippen LogP contribution in [0.25, 0.3) is 0 Å². The van der Waals surface area contributed by atoms with E-state index in [0.717, 1.165) is 24.2 Å². The van der Waals surface area contributed by atoms with Crippen molar-refractivity contribution in [1.82, 2.24) is 0 Å². The van der Waals surface area contributed by atoms with Gasteiger partial charge in [-0.3, -0.25) is 0 Å². The molecule has 0 aromatic heterocycles. The summed E-state index contributed by atoms with van der Waals surface area (Å²) in [6, 6.07) is 7.86. The highest BCUT2D eigenvalue weighted by molar-refractivity contribution is 5.26. The fraction of sp³-hybridized carbons (Fsp3) is 0.500. The fourth-order valence-corrected chi connectivity index (χ4v) is 1.71. The van der Waals surface area contributed by atoms with Crippen LogP contribution in [0, 0.1) is 12.3 Å². The summed E-state index contributed by atoms with van der Waals surface area (Å²) < 4.78 is 10.8. The van der Waals surface area contributed by atoms with Crippen LogP contribution in [0.15, 0.2) is 24.3 Å². The first-order valence-corrected chi connectivity index (χ1v) is 6.50. The van der Waals surface area contributed by atoms with E-state index in [9.17, 15) is 0 Å². The number of rotatable bonds is 8. The summed E-state index contributed by atoms with van der Waals surface area (Å²) in [6.07, 6.45) is 9.89. The highest BCUT2D eigenvalue weighted by Gasteiger charge is 2.05. The number of hydrogen-bond acceptors (Lipinski definition) is 2. The third-order valence-corrected chi connectivity index (χ3v) is 2.87. The van der Waals surface area contributed by atoms with Crippen LogP contribution in [0.4, 0.5) is 0 Å². The van der Waals surface area contributed by atoms with Gasteiger partial charge < -0.3 is 9.47 Å². The molecular weight excluding hydrogens is 224 g/mol. The van der Waals surface area contributed by atoms with Gasteiger partial charge in [0.1, 0.15) is 11.9 Å². The van der Waals surface area contributed by atoms with Crippen molar-refractivity contribution >= 4 is 0 Å². The van der Waals surface area contributed by atoms with Crippen LogP contribution < -0.4 is 4.74 Å². The molecule has 98 valence electrons. The van der Waals surface area contributed by atoms with Crippen molar-refractivity contribution < 1.29 is 9.47 Å². The Morgan fingerprint density at radius 1 is 1.22 bits per heavy atom. The van der Waals surface area contributed by atoms with Gasteiger partial charge >= 0.3 is 0 Å². The normalized spacial score (nSPS) is 11.8. The molecule has 0 aliphatic rings. The Bertz CT molecular complexity index is 362. The summed E-state index contributed by atoms with van der Waals surface area (Å²) in [5.41, 5.74) is 1.12. The van der Waals surface area contributed by atoms with Crippen LogP contribution in [-0.2, 0) is 11.3 Å². The topological polar surface area (TPSA) is 18.5 Å². The molecule has 1 rings (SSSR count). The van der Waals surface area contributed by atoms with Gasteiger partial charge in [-0.1, -0.05) is 37.8 Å². The lowest BCUT2D eigenvalue weighted by Crippen LogP contribution is -2.10. The highest BCUT2D eigenvalue weighted by Crippen LogP contribution is 2.14. The number of ether oxygens (including phenoxy) is 2. The van der Waals surface area contributed by atoms with Crippen LogP contribution in [0.2, 0.25) is 0 Å². The van der Waals surface area contributed by atoms with E-state index in [-0.39, 0.29) is 6.10 Å². The molecule has 1 atom stereocenters. The molecule has 0 aliphatic heterocycles. The molecule has 0 unspecified atom stereocenters. The Morgan fingerprint density at radius 2 is 1.94 bits per heavy atom. The standard InChI is InChI=1S/C16H22O2/c1-4-6-7-8-15(5-2)18-13-14-9-11-16(17-3)12-10-14/h2,9-12,15H,4,6-8,13H2,1,3H3/t15-/m0/s1. The molecule has 1 aromatic carbocycles. The maximum absolute atomic E-state index is 5.72. The number of hydrogen-bond donors (Lipinski definition) is 0. The first kappa shape index (κ1) is 14.6. The van der Waals surface area contributed by atoms with Gasteiger partial charge in [-0.05, 0) is 30.5 Å². The molecule has 2 nitrogen and oxygen atoms in total. The SMILES string of the molecule is C#C[C@@H](CCCCC)OCc1ccc(OC)cc1. The minimum Gasteiger partial charge on any atom is -0.497 e. The number of unbranched alkanes of at least 4 members (excludes halogenated alkanes) is 2. The third kappa shape index (κ3) is 5.25. The molecule has 0 aliphatic carbocycles. The predicted octanol–water partition coefficient (Wildman–Crippen LogP) is 3.79. The lowest BCUT2D eigenvalue weighted by Gasteiger charge is -2.12. The Balaban J connectivity index is 2.35. The average molecular weight is 246 g/mol. The van der Waals surface area contributed by atoms with Gasteiger partial charge in [-0.15, -0.1) is 6.42 Å². The molecule has 0 spiro atoms. The van der Waals surface area contributed by atoms with E-state index in [4.69, 9.17) is 15.9 Å². The zero-order chi connectivity index (χ0) is 13.2. The Hall–Kier alpha value is -1.46. The van der Waals surface area contributed by atoms with Crippen molar-refractivity contribution in [1.29, 1.82) is 0 Å². The Labute approximate surface area is 110 Å². The van der Waals surface area contributed by atoms with Gasteiger partial charge in [0.15, 0.2) is 0 Å². The van der Waals surface area contributed by atoms with Crippen LogP contribution in [0.3, 0.4) is 0 Å². The number of methoxy groups -OCH3 is 1. The minimum atomic E-state index is -0.0707. The smallest absolute Gasteiger partial charge is 0.118 e. The lowest BCUT2D eigenvalue weighted by molar-refractivity contribution is 0.0710. The molecule has 1 aromatic rings. The quantitative estimate of drug-likeness (QED) is 0.513. The first-order chi connectivity index (χ1) is 8.80. The van der Waals surface area contributed by atoms with Crippen molar-refractivity contribution in [3.63, 3.8) is 0 Å². The minimum absolute atomic E-state index is 0.0707. The molecule has 0 heterocycles. The summed E-state index contributed by atoms with van der Waals surface area (Å²) in [5.74, 6) is 3.56. The van der Waals surface area contributed by atoms with E-state index in [1.54, 1.807) is 7.11 Å². The summed E-state index contributed by atoms with van der Waals surface area (Å²) in [4.78, 5) is 0. The zero-order valence-electron chi connectivity index (χ0n) is 11.3. The maximum Gasteiger partial charge on any atom is 0.118 e.